The van der Waals surface area contributed by atoms with Crippen LogP contribution in [0.1, 0.15) is 18.4 Å². The molecule has 6 nitrogen and oxygen atoms in total. The quantitative estimate of drug-likeness (QED) is 0.787. The maximum absolute atomic E-state index is 11.8. The Balaban J connectivity index is 1.19. The van der Waals surface area contributed by atoms with Gasteiger partial charge in [-0.3, -0.25) is 14.7 Å². The van der Waals surface area contributed by atoms with Gasteiger partial charge in [0.05, 0.1) is 6.54 Å². The van der Waals surface area contributed by atoms with Crippen LogP contribution in [0.5, 0.6) is 0 Å². The average Bonchev–Trinajstić information content (AvgIpc) is 2.95. The zero-order chi connectivity index (χ0) is 18.7. The van der Waals surface area contributed by atoms with Crippen molar-refractivity contribution in [1.82, 2.24) is 19.6 Å². The Bertz CT molecular complexity index is 632. The van der Waals surface area contributed by atoms with Crippen molar-refractivity contribution >= 4 is 6.09 Å². The highest BCUT2D eigenvalue weighted by Gasteiger charge is 2.46. The largest absolute Gasteiger partial charge is 0.440 e. The molecule has 1 aromatic carbocycles. The molecule has 0 aromatic heterocycles. The third-order valence-electron chi connectivity index (χ3n) is 6.21. The summed E-state index contributed by atoms with van der Waals surface area (Å²) in [5.41, 5.74) is 1.14. The number of likely N-dealkylation sites (N-methyl/N-ethyl adjacent to an activating group) is 1. The Kier molecular flexibility index (Phi) is 5.66. The molecule has 3 heterocycles. The molecule has 0 unspecified atom stereocenters. The van der Waals surface area contributed by atoms with Crippen LogP contribution in [0.4, 0.5) is 4.79 Å². The molecule has 6 heteroatoms. The molecule has 1 atom stereocenters. The zero-order valence-electron chi connectivity index (χ0n) is 16.5. The number of piperazine rings is 1. The van der Waals surface area contributed by atoms with Gasteiger partial charge in [0.2, 0.25) is 0 Å². The van der Waals surface area contributed by atoms with Gasteiger partial charge in [-0.05, 0) is 24.9 Å². The number of benzene rings is 1. The first-order chi connectivity index (χ1) is 13.1. The lowest BCUT2D eigenvalue weighted by atomic mass is 9.93. The molecule has 0 bridgehead atoms. The lowest BCUT2D eigenvalue weighted by molar-refractivity contribution is -0.0122. The minimum Gasteiger partial charge on any atom is -0.440 e. The molecule has 27 heavy (non-hydrogen) atoms. The summed E-state index contributed by atoms with van der Waals surface area (Å²) in [5, 5.41) is 0. The highest BCUT2D eigenvalue weighted by atomic mass is 16.6. The monoisotopic (exact) mass is 372 g/mol. The molecule has 3 aliphatic rings. The van der Waals surface area contributed by atoms with Crippen molar-refractivity contribution in [3.05, 3.63) is 35.9 Å². The molecule has 1 amide bonds. The molecule has 0 radical (unpaired) electrons. The van der Waals surface area contributed by atoms with Gasteiger partial charge in [0.1, 0.15) is 5.60 Å². The summed E-state index contributed by atoms with van der Waals surface area (Å²) >= 11 is 0. The van der Waals surface area contributed by atoms with Gasteiger partial charge < -0.3 is 9.64 Å². The van der Waals surface area contributed by atoms with Crippen LogP contribution in [0, 0.1) is 0 Å². The zero-order valence-corrected chi connectivity index (χ0v) is 16.5. The van der Waals surface area contributed by atoms with E-state index in [-0.39, 0.29) is 11.7 Å². The SMILES string of the molecule is CN1C[C@@]2(CCCN(CCN3CCN(Cc4ccccc4)CC3)C2)OC1=O. The predicted molar refractivity (Wildman–Crippen MR) is 106 cm³/mol. The van der Waals surface area contributed by atoms with Gasteiger partial charge in [-0.1, -0.05) is 30.3 Å². The van der Waals surface area contributed by atoms with E-state index in [2.05, 4.69) is 45.0 Å². The van der Waals surface area contributed by atoms with Gasteiger partial charge in [-0.15, -0.1) is 0 Å². The molecule has 3 saturated heterocycles. The summed E-state index contributed by atoms with van der Waals surface area (Å²) in [5.74, 6) is 0. The standard InChI is InChI=1S/C21H32N4O2/c1-22-17-21(27-20(22)26)8-5-9-25(18-21)15-12-23-10-13-24(14-11-23)16-19-6-3-2-4-7-19/h2-4,6-7H,5,8-18H2,1H3/t21-/m1/s1. The molecule has 3 fully saturated rings. The number of hydrogen-bond acceptors (Lipinski definition) is 5. The van der Waals surface area contributed by atoms with E-state index in [1.54, 1.807) is 4.90 Å². The van der Waals surface area contributed by atoms with E-state index in [1.807, 2.05) is 7.05 Å². The fourth-order valence-electron chi connectivity index (χ4n) is 4.68. The van der Waals surface area contributed by atoms with Crippen molar-refractivity contribution in [2.45, 2.75) is 25.0 Å². The number of likely N-dealkylation sites (tertiary alicyclic amines) is 1. The number of rotatable bonds is 5. The van der Waals surface area contributed by atoms with Crippen molar-refractivity contribution < 1.29 is 9.53 Å². The third-order valence-corrected chi connectivity index (χ3v) is 6.21. The second-order valence-corrected chi connectivity index (χ2v) is 8.39. The van der Waals surface area contributed by atoms with Gasteiger partial charge >= 0.3 is 6.09 Å². The molecule has 4 rings (SSSR count). The second-order valence-electron chi connectivity index (χ2n) is 8.39. The molecule has 1 spiro atoms. The van der Waals surface area contributed by atoms with Gasteiger partial charge in [-0.25, -0.2) is 4.79 Å². The summed E-state index contributed by atoms with van der Waals surface area (Å²) in [6, 6.07) is 10.8. The lowest BCUT2D eigenvalue weighted by Gasteiger charge is -2.40. The fraction of sp³-hybridized carbons (Fsp3) is 0.667. The fourth-order valence-corrected chi connectivity index (χ4v) is 4.68. The summed E-state index contributed by atoms with van der Waals surface area (Å²) in [6.45, 7) is 10.5. The summed E-state index contributed by atoms with van der Waals surface area (Å²) < 4.78 is 5.72. The second kappa shape index (κ2) is 8.17. The maximum atomic E-state index is 11.8. The van der Waals surface area contributed by atoms with Gasteiger partial charge in [0.15, 0.2) is 0 Å². The maximum Gasteiger partial charge on any atom is 0.410 e. The molecule has 0 saturated carbocycles. The van der Waals surface area contributed by atoms with E-state index in [0.29, 0.717) is 0 Å². The van der Waals surface area contributed by atoms with Crippen molar-refractivity contribution in [1.29, 1.82) is 0 Å². The normalized spacial score (nSPS) is 28.0. The van der Waals surface area contributed by atoms with Crippen molar-refractivity contribution in [3.63, 3.8) is 0 Å². The van der Waals surface area contributed by atoms with Crippen molar-refractivity contribution in [2.24, 2.45) is 0 Å². The predicted octanol–water partition coefficient (Wildman–Crippen LogP) is 1.72. The molecular weight excluding hydrogens is 340 g/mol. The molecule has 1 aromatic rings. The number of nitrogens with zero attached hydrogens (tertiary/aromatic N) is 4. The Morgan fingerprint density at radius 2 is 1.63 bits per heavy atom. The number of carbonyl (C=O) groups is 1. The number of carbonyl (C=O) groups excluding carboxylic acids is 1. The van der Waals surface area contributed by atoms with E-state index in [1.165, 1.54) is 5.56 Å². The Morgan fingerprint density at radius 1 is 0.926 bits per heavy atom. The Hall–Kier alpha value is -1.63. The van der Waals surface area contributed by atoms with E-state index < -0.39 is 0 Å². The Morgan fingerprint density at radius 3 is 2.33 bits per heavy atom. The van der Waals surface area contributed by atoms with Crippen molar-refractivity contribution in [3.8, 4) is 0 Å². The van der Waals surface area contributed by atoms with E-state index in [0.717, 1.165) is 78.3 Å². The molecule has 0 N–H and O–H groups in total. The van der Waals surface area contributed by atoms with Crippen LogP contribution in [0.25, 0.3) is 0 Å². The van der Waals surface area contributed by atoms with E-state index >= 15 is 0 Å². The van der Waals surface area contributed by atoms with Crippen LogP contribution in [0.15, 0.2) is 30.3 Å². The average molecular weight is 373 g/mol. The minimum absolute atomic E-state index is 0.161. The van der Waals surface area contributed by atoms with Crippen molar-refractivity contribution in [2.75, 3.05) is 66.0 Å². The van der Waals surface area contributed by atoms with Crippen LogP contribution in [0.3, 0.4) is 0 Å². The topological polar surface area (TPSA) is 39.3 Å². The first kappa shape index (κ1) is 18.7. The van der Waals surface area contributed by atoms with Gasteiger partial charge in [0.25, 0.3) is 0 Å². The number of piperidine rings is 1. The third kappa shape index (κ3) is 4.62. The van der Waals surface area contributed by atoms with Crippen LogP contribution in [0.2, 0.25) is 0 Å². The molecular formula is C21H32N4O2. The van der Waals surface area contributed by atoms with E-state index in [9.17, 15) is 4.79 Å². The molecule has 148 valence electrons. The number of amides is 1. The molecule has 3 aliphatic heterocycles. The first-order valence-corrected chi connectivity index (χ1v) is 10.3. The summed E-state index contributed by atoms with van der Waals surface area (Å²) in [7, 11) is 1.84. The minimum atomic E-state index is -0.265. The molecule has 0 aliphatic carbocycles. The van der Waals surface area contributed by atoms with Crippen LogP contribution in [-0.2, 0) is 11.3 Å². The smallest absolute Gasteiger partial charge is 0.410 e. The number of hydrogen-bond donors (Lipinski definition) is 0. The highest BCUT2D eigenvalue weighted by molar-refractivity contribution is 5.70. The van der Waals surface area contributed by atoms with E-state index in [4.69, 9.17) is 4.74 Å². The van der Waals surface area contributed by atoms with Crippen LogP contribution in [-0.4, -0.2) is 97.2 Å². The first-order valence-electron chi connectivity index (χ1n) is 10.3. The van der Waals surface area contributed by atoms with Crippen LogP contribution >= 0.6 is 0 Å². The highest BCUT2D eigenvalue weighted by Crippen LogP contribution is 2.31. The number of ether oxygens (including phenoxy) is 1. The van der Waals surface area contributed by atoms with Crippen LogP contribution < -0.4 is 0 Å². The summed E-state index contributed by atoms with van der Waals surface area (Å²) in [6.07, 6.45) is 1.95. The Labute approximate surface area is 162 Å². The summed E-state index contributed by atoms with van der Waals surface area (Å²) in [4.78, 5) is 21.1. The lowest BCUT2D eigenvalue weighted by Crippen LogP contribution is -2.53. The van der Waals surface area contributed by atoms with Gasteiger partial charge in [-0.2, -0.15) is 0 Å². The van der Waals surface area contributed by atoms with Gasteiger partial charge in [0, 0.05) is 59.4 Å².